The van der Waals surface area contributed by atoms with E-state index in [1.54, 1.807) is 0 Å². The van der Waals surface area contributed by atoms with Gasteiger partial charge in [-0.25, -0.2) is 8.42 Å². The van der Waals surface area contributed by atoms with Gasteiger partial charge in [0, 0.05) is 12.3 Å². The van der Waals surface area contributed by atoms with Gasteiger partial charge in [-0.05, 0) is 0 Å². The molecule has 0 aromatic carbocycles. The lowest BCUT2D eigenvalue weighted by Crippen LogP contribution is -2.32. The van der Waals surface area contributed by atoms with Gasteiger partial charge in [0.2, 0.25) is 0 Å². The molecule has 0 aliphatic carbocycles. The molecule has 12 heavy (non-hydrogen) atoms. The van der Waals surface area contributed by atoms with Gasteiger partial charge in [0.1, 0.15) is 4.32 Å². The predicted molar refractivity (Wildman–Crippen MR) is 54.2 cm³/mol. The first-order valence-corrected chi connectivity index (χ1v) is 6.74. The molecule has 6 heteroatoms. The average molecular weight is 223 g/mol. The van der Waals surface area contributed by atoms with Gasteiger partial charge in [-0.1, -0.05) is 24.0 Å². The number of fused-ring (bicyclic) bond motifs is 1. The summed E-state index contributed by atoms with van der Waals surface area (Å²) in [6.45, 7) is 0. The number of nitrogens with zero attached hydrogens (tertiary/aromatic N) is 1. The van der Waals surface area contributed by atoms with E-state index in [0.717, 1.165) is 4.32 Å². The highest BCUT2D eigenvalue weighted by molar-refractivity contribution is 8.24. The maximum Gasteiger partial charge on any atom is 0.153 e. The number of sulfone groups is 1. The van der Waals surface area contributed by atoms with Crippen molar-refractivity contribution < 1.29 is 8.42 Å². The Labute approximate surface area is 81.4 Å². The van der Waals surface area contributed by atoms with Gasteiger partial charge in [0.05, 0.1) is 17.5 Å². The zero-order chi connectivity index (χ0) is 8.93. The fourth-order valence-electron chi connectivity index (χ4n) is 1.62. The average Bonchev–Trinajstić information content (AvgIpc) is 2.33. The molecule has 3 nitrogen and oxygen atoms in total. The summed E-state index contributed by atoms with van der Waals surface area (Å²) in [5.74, 6) is 0.578. The van der Waals surface area contributed by atoms with Gasteiger partial charge < -0.3 is 4.90 Å². The summed E-state index contributed by atoms with van der Waals surface area (Å²) in [7, 11) is -0.908. The van der Waals surface area contributed by atoms with E-state index < -0.39 is 9.84 Å². The first-order valence-electron chi connectivity index (χ1n) is 3.63. The molecule has 2 heterocycles. The van der Waals surface area contributed by atoms with Crippen LogP contribution in [0.15, 0.2) is 0 Å². The number of hydrogen-bond donors (Lipinski definition) is 0. The Balaban J connectivity index is 2.27. The molecule has 2 aliphatic heterocycles. The quantitative estimate of drug-likeness (QED) is 0.545. The van der Waals surface area contributed by atoms with Crippen LogP contribution in [-0.2, 0) is 9.84 Å². The van der Waals surface area contributed by atoms with E-state index in [1.165, 1.54) is 11.8 Å². The van der Waals surface area contributed by atoms with Crippen molar-refractivity contribution in [3.63, 3.8) is 0 Å². The van der Waals surface area contributed by atoms with Gasteiger partial charge in [0.25, 0.3) is 0 Å². The minimum Gasteiger partial charge on any atom is -0.355 e. The van der Waals surface area contributed by atoms with Gasteiger partial charge in [-0.3, -0.25) is 0 Å². The minimum atomic E-state index is -2.78. The fraction of sp³-hybridized carbons (Fsp3) is 0.833. The summed E-state index contributed by atoms with van der Waals surface area (Å²) >= 11 is 6.59. The SMILES string of the molecule is CN1C(=S)S[C@@H]2CS(=O)(=O)C[C@H]21. The molecule has 0 amide bonds. The molecule has 2 atom stereocenters. The molecule has 0 N–H and O–H groups in total. The van der Waals surface area contributed by atoms with E-state index >= 15 is 0 Å². The number of hydrogen-bond acceptors (Lipinski definition) is 4. The summed E-state index contributed by atoms with van der Waals surface area (Å²) in [6.07, 6.45) is 0. The monoisotopic (exact) mass is 223 g/mol. The summed E-state index contributed by atoms with van der Waals surface area (Å²) in [4.78, 5) is 1.91. The third-order valence-electron chi connectivity index (χ3n) is 2.31. The highest BCUT2D eigenvalue weighted by Crippen LogP contribution is 2.36. The van der Waals surface area contributed by atoms with E-state index in [0.29, 0.717) is 5.75 Å². The normalized spacial score (nSPS) is 38.8. The van der Waals surface area contributed by atoms with Gasteiger partial charge >= 0.3 is 0 Å². The van der Waals surface area contributed by atoms with Crippen LogP contribution in [0.5, 0.6) is 0 Å². The van der Waals surface area contributed by atoms with Crippen molar-refractivity contribution in [2.45, 2.75) is 11.3 Å². The van der Waals surface area contributed by atoms with Crippen LogP contribution in [0, 0.1) is 0 Å². The van der Waals surface area contributed by atoms with Crippen LogP contribution in [0.1, 0.15) is 0 Å². The van der Waals surface area contributed by atoms with E-state index in [9.17, 15) is 8.42 Å². The minimum absolute atomic E-state index is 0.132. The predicted octanol–water partition coefficient (Wildman–Crippen LogP) is 0.115. The molecule has 0 saturated carbocycles. The standard InChI is InChI=1S/C6H9NO2S3/c1-7-4-2-12(8,9)3-5(4)11-6(7)10/h4-5H,2-3H2,1H3/t4-,5-/m1/s1. The second-order valence-electron chi connectivity index (χ2n) is 3.18. The lowest BCUT2D eigenvalue weighted by molar-refractivity contribution is 0.429. The molecule has 0 unspecified atom stereocenters. The van der Waals surface area contributed by atoms with Crippen LogP contribution in [0.4, 0.5) is 0 Å². The molecular formula is C6H9NO2S3. The Morgan fingerprint density at radius 2 is 2.25 bits per heavy atom. The Morgan fingerprint density at radius 1 is 1.58 bits per heavy atom. The zero-order valence-electron chi connectivity index (χ0n) is 6.56. The largest absolute Gasteiger partial charge is 0.355 e. The lowest BCUT2D eigenvalue weighted by atomic mass is 10.2. The van der Waals surface area contributed by atoms with Crippen LogP contribution >= 0.6 is 24.0 Å². The third-order valence-corrected chi connectivity index (χ3v) is 6.09. The van der Waals surface area contributed by atoms with Gasteiger partial charge in [-0.2, -0.15) is 0 Å². The van der Waals surface area contributed by atoms with Crippen LogP contribution in [0.25, 0.3) is 0 Å². The van der Waals surface area contributed by atoms with Crippen LogP contribution in [0.3, 0.4) is 0 Å². The van der Waals surface area contributed by atoms with Crippen molar-refractivity contribution >= 4 is 38.1 Å². The highest BCUT2D eigenvalue weighted by Gasteiger charge is 2.46. The van der Waals surface area contributed by atoms with Gasteiger partial charge in [-0.15, -0.1) is 0 Å². The highest BCUT2D eigenvalue weighted by atomic mass is 32.2. The van der Waals surface area contributed by atoms with Crippen molar-refractivity contribution in [3.05, 3.63) is 0 Å². The van der Waals surface area contributed by atoms with Crippen molar-refractivity contribution in [2.24, 2.45) is 0 Å². The van der Waals surface area contributed by atoms with E-state index in [1.807, 2.05) is 11.9 Å². The third kappa shape index (κ3) is 1.25. The van der Waals surface area contributed by atoms with Crippen molar-refractivity contribution in [1.29, 1.82) is 0 Å². The molecule has 2 aliphatic rings. The number of thiocarbonyl (C=S) groups is 1. The second kappa shape index (κ2) is 2.59. The van der Waals surface area contributed by atoms with E-state index in [4.69, 9.17) is 12.2 Å². The Bertz CT molecular complexity index is 324. The van der Waals surface area contributed by atoms with Crippen molar-refractivity contribution in [2.75, 3.05) is 18.6 Å². The Kier molecular flexibility index (Phi) is 1.89. The van der Waals surface area contributed by atoms with Crippen LogP contribution in [0.2, 0.25) is 0 Å². The molecule has 2 saturated heterocycles. The van der Waals surface area contributed by atoms with Gasteiger partial charge in [0.15, 0.2) is 9.84 Å². The molecule has 68 valence electrons. The Morgan fingerprint density at radius 3 is 2.83 bits per heavy atom. The molecule has 0 bridgehead atoms. The lowest BCUT2D eigenvalue weighted by Gasteiger charge is -2.16. The maximum absolute atomic E-state index is 11.2. The summed E-state index contributed by atoms with van der Waals surface area (Å²) in [5, 5.41) is 0.187. The molecular weight excluding hydrogens is 214 g/mol. The number of thioether (sulfide) groups is 1. The molecule has 0 aromatic rings. The molecule has 0 spiro atoms. The zero-order valence-corrected chi connectivity index (χ0v) is 9.01. The summed E-state index contributed by atoms with van der Waals surface area (Å²) in [6, 6.07) is 0.132. The Hall–Kier alpha value is 0.190. The topological polar surface area (TPSA) is 37.4 Å². The number of rotatable bonds is 0. The second-order valence-corrected chi connectivity index (χ2v) is 7.20. The van der Waals surface area contributed by atoms with Crippen LogP contribution in [-0.4, -0.2) is 47.5 Å². The van der Waals surface area contributed by atoms with Crippen molar-refractivity contribution in [1.82, 2.24) is 4.90 Å². The fourth-order valence-corrected chi connectivity index (χ4v) is 5.97. The summed E-state index contributed by atoms with van der Waals surface area (Å²) in [5.41, 5.74) is 0. The molecule has 0 radical (unpaired) electrons. The van der Waals surface area contributed by atoms with E-state index in [2.05, 4.69) is 0 Å². The molecule has 0 aromatic heterocycles. The van der Waals surface area contributed by atoms with E-state index in [-0.39, 0.29) is 17.0 Å². The molecule has 2 fully saturated rings. The first kappa shape index (κ1) is 8.77. The van der Waals surface area contributed by atoms with Crippen LogP contribution < -0.4 is 0 Å². The molecule has 2 rings (SSSR count). The summed E-state index contributed by atoms with van der Waals surface area (Å²) < 4.78 is 23.3. The smallest absolute Gasteiger partial charge is 0.153 e. The van der Waals surface area contributed by atoms with Crippen molar-refractivity contribution in [3.8, 4) is 0 Å². The maximum atomic E-state index is 11.2. The first-order chi connectivity index (χ1) is 5.49.